The molecular weight excluding hydrogens is 471 g/mol. The van der Waals surface area contributed by atoms with Gasteiger partial charge in [-0.2, -0.15) is 0 Å². The van der Waals surface area contributed by atoms with Gasteiger partial charge in [0, 0.05) is 45.9 Å². The van der Waals surface area contributed by atoms with Gasteiger partial charge in [0.25, 0.3) is 5.91 Å². The van der Waals surface area contributed by atoms with E-state index in [9.17, 15) is 4.79 Å². The molecule has 1 aliphatic heterocycles. The summed E-state index contributed by atoms with van der Waals surface area (Å²) in [6, 6.07) is 3.46. The van der Waals surface area contributed by atoms with Crippen LogP contribution in [0.2, 0.25) is 0 Å². The fourth-order valence-corrected chi connectivity index (χ4v) is 3.66. The highest BCUT2D eigenvalue weighted by Crippen LogP contribution is 2.20. The first-order valence-corrected chi connectivity index (χ1v) is 10.3. The average molecular weight is 504 g/mol. The van der Waals surface area contributed by atoms with Crippen LogP contribution in [0, 0.1) is 0 Å². The molecule has 2 heterocycles. The Morgan fingerprint density at radius 1 is 1.25 bits per heavy atom. The van der Waals surface area contributed by atoms with Crippen molar-refractivity contribution in [2.24, 2.45) is 4.99 Å². The van der Waals surface area contributed by atoms with Crippen LogP contribution in [-0.4, -0.2) is 73.6 Å². The van der Waals surface area contributed by atoms with Gasteiger partial charge < -0.3 is 24.3 Å². The van der Waals surface area contributed by atoms with Crippen molar-refractivity contribution in [1.29, 1.82) is 0 Å². The second-order valence-electron chi connectivity index (χ2n) is 7.12. The molecule has 2 aliphatic rings. The summed E-state index contributed by atoms with van der Waals surface area (Å²) in [5, 5.41) is 3.37. The van der Waals surface area contributed by atoms with Crippen LogP contribution in [-0.2, 0) is 4.74 Å². The Kier molecular flexibility index (Phi) is 10.1. The minimum atomic E-state index is -0.0364. The molecule has 1 amide bonds. The molecule has 0 aromatic carbocycles. The van der Waals surface area contributed by atoms with Gasteiger partial charge >= 0.3 is 0 Å². The Morgan fingerprint density at radius 2 is 1.96 bits per heavy atom. The molecule has 1 saturated carbocycles. The third kappa shape index (κ3) is 6.65. The number of rotatable bonds is 7. The molecular formula is C20H33IN4O3. The number of amides is 1. The SMILES string of the molecule is CCNC(=NCCCOC1CCCC1)N1CCN(C(=O)c2ccco2)CC1.I. The van der Waals surface area contributed by atoms with Gasteiger partial charge in [-0.15, -0.1) is 24.0 Å². The number of aliphatic imine (C=N–C) groups is 1. The van der Waals surface area contributed by atoms with Crippen LogP contribution in [0.25, 0.3) is 0 Å². The summed E-state index contributed by atoms with van der Waals surface area (Å²) in [7, 11) is 0. The van der Waals surface area contributed by atoms with Gasteiger partial charge in [0.15, 0.2) is 11.7 Å². The molecule has 158 valence electrons. The highest BCUT2D eigenvalue weighted by molar-refractivity contribution is 14.0. The highest BCUT2D eigenvalue weighted by Gasteiger charge is 2.25. The van der Waals surface area contributed by atoms with E-state index in [0.29, 0.717) is 25.0 Å². The molecule has 1 aromatic heterocycles. The van der Waals surface area contributed by atoms with Crippen LogP contribution >= 0.6 is 24.0 Å². The van der Waals surface area contributed by atoms with Crippen molar-refractivity contribution in [3.8, 4) is 0 Å². The lowest BCUT2D eigenvalue weighted by Gasteiger charge is -2.36. The predicted octanol–water partition coefficient (Wildman–Crippen LogP) is 2.97. The maximum atomic E-state index is 12.4. The minimum absolute atomic E-state index is 0. The molecule has 0 bridgehead atoms. The van der Waals surface area contributed by atoms with Crippen molar-refractivity contribution in [1.82, 2.24) is 15.1 Å². The Bertz CT molecular complexity index is 595. The van der Waals surface area contributed by atoms with Gasteiger partial charge in [-0.1, -0.05) is 12.8 Å². The second-order valence-corrected chi connectivity index (χ2v) is 7.12. The average Bonchev–Trinajstić information content (AvgIpc) is 3.40. The second kappa shape index (κ2) is 12.3. The smallest absolute Gasteiger partial charge is 0.289 e. The molecule has 28 heavy (non-hydrogen) atoms. The van der Waals surface area contributed by atoms with Crippen molar-refractivity contribution in [2.45, 2.75) is 45.1 Å². The van der Waals surface area contributed by atoms with Gasteiger partial charge in [0.1, 0.15) is 0 Å². The summed E-state index contributed by atoms with van der Waals surface area (Å²) in [6.45, 7) is 7.37. The number of nitrogens with zero attached hydrogens (tertiary/aromatic N) is 3. The fraction of sp³-hybridized carbons (Fsp3) is 0.700. The quantitative estimate of drug-likeness (QED) is 0.268. The van der Waals surface area contributed by atoms with Gasteiger partial charge in [0.05, 0.1) is 12.4 Å². The van der Waals surface area contributed by atoms with Crippen LogP contribution in [0.15, 0.2) is 27.8 Å². The summed E-state index contributed by atoms with van der Waals surface area (Å²) in [6.07, 6.45) is 8.00. The van der Waals surface area contributed by atoms with Gasteiger partial charge in [-0.25, -0.2) is 0 Å². The highest BCUT2D eigenvalue weighted by atomic mass is 127. The number of carbonyl (C=O) groups is 1. The van der Waals surface area contributed by atoms with Gasteiger partial charge in [0.2, 0.25) is 0 Å². The van der Waals surface area contributed by atoms with Gasteiger partial charge in [-0.3, -0.25) is 9.79 Å². The summed E-state index contributed by atoms with van der Waals surface area (Å²) in [5.74, 6) is 1.31. The number of nitrogens with one attached hydrogen (secondary N) is 1. The maximum absolute atomic E-state index is 12.4. The normalized spacial score (nSPS) is 18.2. The summed E-state index contributed by atoms with van der Waals surface area (Å²) in [4.78, 5) is 21.2. The Labute approximate surface area is 184 Å². The molecule has 1 N–H and O–H groups in total. The van der Waals surface area contributed by atoms with Crippen molar-refractivity contribution in [3.63, 3.8) is 0 Å². The first-order chi connectivity index (χ1) is 13.3. The van der Waals surface area contributed by atoms with Crippen molar-refractivity contribution in [3.05, 3.63) is 24.2 Å². The standard InChI is InChI=1S/C20H32N4O3.HI/c1-2-21-20(22-10-6-16-26-17-7-3-4-8-17)24-13-11-23(12-14-24)19(25)18-9-5-15-27-18;/h5,9,15,17H,2-4,6-8,10-14,16H2,1H3,(H,21,22);1H. The van der Waals surface area contributed by atoms with Crippen molar-refractivity contribution < 1.29 is 13.9 Å². The molecule has 1 aliphatic carbocycles. The van der Waals surface area contributed by atoms with Crippen LogP contribution in [0.4, 0.5) is 0 Å². The van der Waals surface area contributed by atoms with Crippen molar-refractivity contribution in [2.75, 3.05) is 45.9 Å². The topological polar surface area (TPSA) is 70.3 Å². The van der Waals surface area contributed by atoms with Gasteiger partial charge in [-0.05, 0) is 38.3 Å². The third-order valence-corrected chi connectivity index (χ3v) is 5.15. The fourth-order valence-electron chi connectivity index (χ4n) is 3.66. The Balaban J connectivity index is 0.00000280. The molecule has 7 nitrogen and oxygen atoms in total. The molecule has 3 rings (SSSR count). The molecule has 0 unspecified atom stereocenters. The number of guanidine groups is 1. The number of furan rings is 1. The zero-order valence-corrected chi connectivity index (χ0v) is 19.1. The van der Waals surface area contributed by atoms with E-state index in [-0.39, 0.29) is 29.9 Å². The molecule has 0 atom stereocenters. The van der Waals surface area contributed by atoms with E-state index < -0.39 is 0 Å². The van der Waals surface area contributed by atoms with Crippen LogP contribution < -0.4 is 5.32 Å². The van der Waals surface area contributed by atoms with E-state index in [0.717, 1.165) is 45.2 Å². The molecule has 1 aromatic rings. The van der Waals surface area contributed by atoms with E-state index in [2.05, 4.69) is 17.1 Å². The van der Waals surface area contributed by atoms with Crippen molar-refractivity contribution >= 4 is 35.8 Å². The van der Waals surface area contributed by atoms with E-state index in [1.54, 1.807) is 12.1 Å². The number of piperazine rings is 1. The monoisotopic (exact) mass is 504 g/mol. The minimum Gasteiger partial charge on any atom is -0.459 e. The summed E-state index contributed by atoms with van der Waals surface area (Å²) < 4.78 is 11.1. The first-order valence-electron chi connectivity index (χ1n) is 10.3. The molecule has 0 radical (unpaired) electrons. The third-order valence-electron chi connectivity index (χ3n) is 5.15. The van der Waals surface area contributed by atoms with Crippen LogP contribution in [0.3, 0.4) is 0 Å². The number of hydrogen-bond acceptors (Lipinski definition) is 4. The summed E-state index contributed by atoms with van der Waals surface area (Å²) >= 11 is 0. The van der Waals surface area contributed by atoms with E-state index in [1.807, 2.05) is 4.90 Å². The van der Waals surface area contributed by atoms with E-state index >= 15 is 0 Å². The Hall–Kier alpha value is -1.29. The number of carbonyl (C=O) groups excluding carboxylic acids is 1. The largest absolute Gasteiger partial charge is 0.459 e. The zero-order chi connectivity index (χ0) is 18.9. The lowest BCUT2D eigenvalue weighted by molar-refractivity contribution is 0.0577. The van der Waals surface area contributed by atoms with Crippen LogP contribution in [0.1, 0.15) is 49.6 Å². The lowest BCUT2D eigenvalue weighted by atomic mass is 10.3. The number of ether oxygens (including phenoxy) is 1. The first kappa shape index (κ1) is 23.0. The number of halogens is 1. The molecule has 2 fully saturated rings. The van der Waals surface area contributed by atoms with Crippen LogP contribution in [0.5, 0.6) is 0 Å². The zero-order valence-electron chi connectivity index (χ0n) is 16.8. The van der Waals surface area contributed by atoms with E-state index in [4.69, 9.17) is 14.1 Å². The summed E-state index contributed by atoms with van der Waals surface area (Å²) in [5.41, 5.74) is 0. The molecule has 1 saturated heterocycles. The lowest BCUT2D eigenvalue weighted by Crippen LogP contribution is -2.53. The molecule has 8 heteroatoms. The predicted molar refractivity (Wildman–Crippen MR) is 120 cm³/mol. The number of hydrogen-bond donors (Lipinski definition) is 1. The molecule has 0 spiro atoms. The van der Waals surface area contributed by atoms with E-state index in [1.165, 1.54) is 31.9 Å². The maximum Gasteiger partial charge on any atom is 0.289 e. The Morgan fingerprint density at radius 3 is 2.61 bits per heavy atom.